The number of halogens is 4. The van der Waals surface area contributed by atoms with Gasteiger partial charge in [-0.3, -0.25) is 9.79 Å². The van der Waals surface area contributed by atoms with Crippen LogP contribution in [0.25, 0.3) is 5.70 Å². The van der Waals surface area contributed by atoms with E-state index in [9.17, 15) is 27.2 Å². The Balaban J connectivity index is 3.12. The molecule has 1 unspecified atom stereocenters. The molecule has 0 heterocycles. The van der Waals surface area contributed by atoms with Crippen LogP contribution in [0.2, 0.25) is 0 Å². The summed E-state index contributed by atoms with van der Waals surface area (Å²) in [5.74, 6) is -1.52. The Morgan fingerprint density at radius 2 is 2.03 bits per heavy atom. The van der Waals surface area contributed by atoms with Crippen LogP contribution in [0.15, 0.2) is 52.5 Å². The van der Waals surface area contributed by atoms with E-state index in [2.05, 4.69) is 21.9 Å². The first-order valence-electron chi connectivity index (χ1n) is 8.57. The molecule has 30 heavy (non-hydrogen) atoms. The standard InChI is InChI=1S/C20H21F4N3O3/c1-12(10-17(25-3)20(22,23)24)18(29)27-16(8-9-28)19(30-4)26-13(2)14-6-5-7-15(21)11-14/h5-7,9-11,16H,2,8H2,1,3-4H3,(H,27,29)/b12-10+,25-17+,26-19-. The van der Waals surface area contributed by atoms with Gasteiger partial charge in [0, 0.05) is 24.6 Å². The molecule has 0 bridgehead atoms. The first-order chi connectivity index (χ1) is 14.0. The topological polar surface area (TPSA) is 80.1 Å². The molecule has 1 N–H and O–H groups in total. The Labute approximate surface area is 171 Å². The predicted molar refractivity (Wildman–Crippen MR) is 106 cm³/mol. The molecule has 0 saturated carbocycles. The maximum absolute atomic E-state index is 13.4. The number of ether oxygens (including phenoxy) is 1. The number of amides is 1. The van der Waals surface area contributed by atoms with E-state index in [0.717, 1.165) is 7.05 Å². The molecule has 6 nitrogen and oxygen atoms in total. The van der Waals surface area contributed by atoms with Gasteiger partial charge in [-0.05, 0) is 25.1 Å². The number of carbonyl (C=O) groups is 2. The number of carbonyl (C=O) groups excluding carboxylic acids is 2. The summed E-state index contributed by atoms with van der Waals surface area (Å²) < 4.78 is 57.0. The van der Waals surface area contributed by atoms with Gasteiger partial charge in [0.15, 0.2) is 0 Å². The predicted octanol–water partition coefficient (Wildman–Crippen LogP) is 3.49. The molecule has 0 fully saturated rings. The van der Waals surface area contributed by atoms with Crippen LogP contribution in [0, 0.1) is 5.82 Å². The number of rotatable bonds is 8. The third kappa shape index (κ3) is 7.26. The number of aldehydes is 1. The molecule has 162 valence electrons. The van der Waals surface area contributed by atoms with Crippen LogP contribution in [0.3, 0.4) is 0 Å². The molecule has 1 atom stereocenters. The van der Waals surface area contributed by atoms with Gasteiger partial charge in [0.25, 0.3) is 0 Å². The highest BCUT2D eigenvalue weighted by Gasteiger charge is 2.34. The fourth-order valence-electron chi connectivity index (χ4n) is 2.26. The molecule has 1 rings (SSSR count). The largest absolute Gasteiger partial charge is 0.483 e. The normalized spacial score (nSPS) is 14.2. The van der Waals surface area contributed by atoms with Gasteiger partial charge >= 0.3 is 6.18 Å². The summed E-state index contributed by atoms with van der Waals surface area (Å²) >= 11 is 0. The summed E-state index contributed by atoms with van der Waals surface area (Å²) in [4.78, 5) is 30.6. The Morgan fingerprint density at radius 1 is 1.37 bits per heavy atom. The molecular formula is C20H21F4N3O3. The molecule has 1 aromatic rings. The number of benzene rings is 1. The van der Waals surface area contributed by atoms with Crippen molar-refractivity contribution in [2.24, 2.45) is 9.98 Å². The second-order valence-electron chi connectivity index (χ2n) is 5.97. The van der Waals surface area contributed by atoms with Gasteiger partial charge in [0.1, 0.15) is 23.9 Å². The van der Waals surface area contributed by atoms with Crippen LogP contribution in [0.1, 0.15) is 18.9 Å². The quantitative estimate of drug-likeness (QED) is 0.227. The number of methoxy groups -OCH3 is 1. The van der Waals surface area contributed by atoms with E-state index in [1.54, 1.807) is 6.07 Å². The zero-order chi connectivity index (χ0) is 22.9. The van der Waals surface area contributed by atoms with Crippen LogP contribution in [0.5, 0.6) is 0 Å². The molecule has 0 radical (unpaired) electrons. The number of nitrogens with zero attached hydrogens (tertiary/aromatic N) is 2. The Bertz CT molecular complexity index is 890. The third-order valence-electron chi connectivity index (χ3n) is 3.79. The number of hydrogen-bond donors (Lipinski definition) is 1. The molecule has 10 heteroatoms. The van der Waals surface area contributed by atoms with E-state index >= 15 is 0 Å². The highest BCUT2D eigenvalue weighted by Crippen LogP contribution is 2.19. The molecule has 1 aromatic carbocycles. The van der Waals surface area contributed by atoms with E-state index in [-0.39, 0.29) is 23.6 Å². The second-order valence-corrected chi connectivity index (χ2v) is 5.97. The molecule has 1 amide bonds. The number of hydrogen-bond acceptors (Lipinski definition) is 5. The van der Waals surface area contributed by atoms with Crippen LogP contribution >= 0.6 is 0 Å². The lowest BCUT2D eigenvalue weighted by Gasteiger charge is -2.18. The fourth-order valence-corrected chi connectivity index (χ4v) is 2.26. The van der Waals surface area contributed by atoms with Crippen molar-refractivity contribution in [2.45, 2.75) is 25.6 Å². The van der Waals surface area contributed by atoms with E-state index < -0.39 is 29.7 Å². The molecule has 0 saturated heterocycles. The van der Waals surface area contributed by atoms with E-state index in [1.807, 2.05) is 0 Å². The van der Waals surface area contributed by atoms with E-state index in [0.29, 0.717) is 17.9 Å². The maximum Gasteiger partial charge on any atom is 0.432 e. The average molecular weight is 427 g/mol. The first kappa shape index (κ1) is 24.7. The zero-order valence-electron chi connectivity index (χ0n) is 16.6. The van der Waals surface area contributed by atoms with Gasteiger partial charge in [0.05, 0.1) is 12.8 Å². The summed E-state index contributed by atoms with van der Waals surface area (Å²) in [6.07, 6.45) is -3.92. The molecular weight excluding hydrogens is 406 g/mol. The van der Waals surface area contributed by atoms with Gasteiger partial charge in [-0.2, -0.15) is 13.2 Å². The zero-order valence-corrected chi connectivity index (χ0v) is 16.6. The van der Waals surface area contributed by atoms with Crippen LogP contribution in [0.4, 0.5) is 17.6 Å². The average Bonchev–Trinajstić information content (AvgIpc) is 2.68. The van der Waals surface area contributed by atoms with Gasteiger partial charge in [-0.25, -0.2) is 9.38 Å². The second kappa shape index (κ2) is 11.0. The van der Waals surface area contributed by atoms with Gasteiger partial charge in [0.2, 0.25) is 11.8 Å². The smallest absolute Gasteiger partial charge is 0.432 e. The molecule has 0 spiro atoms. The number of allylic oxidation sites excluding steroid dienone is 1. The van der Waals surface area contributed by atoms with Crippen molar-refractivity contribution >= 4 is 29.5 Å². The minimum atomic E-state index is -4.72. The van der Waals surface area contributed by atoms with Crippen LogP contribution in [-0.2, 0) is 14.3 Å². The van der Waals surface area contributed by atoms with Crippen molar-refractivity contribution in [3.8, 4) is 0 Å². The van der Waals surface area contributed by atoms with Gasteiger partial charge in [-0.1, -0.05) is 18.7 Å². The highest BCUT2D eigenvalue weighted by molar-refractivity contribution is 6.07. The number of aliphatic imine (C=N–C) groups is 2. The summed E-state index contributed by atoms with van der Waals surface area (Å²) in [5.41, 5.74) is -1.09. The van der Waals surface area contributed by atoms with Crippen LogP contribution in [-0.4, -0.2) is 50.2 Å². The summed E-state index contributed by atoms with van der Waals surface area (Å²) in [5, 5.41) is 2.39. The Morgan fingerprint density at radius 3 is 2.53 bits per heavy atom. The summed E-state index contributed by atoms with van der Waals surface area (Å²) in [6.45, 7) is 4.87. The van der Waals surface area contributed by atoms with Crippen molar-refractivity contribution < 1.29 is 31.9 Å². The molecule has 0 aliphatic heterocycles. The van der Waals surface area contributed by atoms with E-state index in [4.69, 9.17) is 4.74 Å². The number of nitrogens with one attached hydrogen (secondary N) is 1. The molecule has 0 aliphatic rings. The lowest BCUT2D eigenvalue weighted by Crippen LogP contribution is -2.42. The minimum Gasteiger partial charge on any atom is -0.483 e. The third-order valence-corrected chi connectivity index (χ3v) is 3.79. The Hall–Kier alpha value is -3.30. The fraction of sp³-hybridized carbons (Fsp3) is 0.300. The lowest BCUT2D eigenvalue weighted by atomic mass is 10.1. The van der Waals surface area contributed by atoms with Crippen LogP contribution < -0.4 is 5.32 Å². The van der Waals surface area contributed by atoms with Gasteiger partial charge in [-0.15, -0.1) is 0 Å². The van der Waals surface area contributed by atoms with E-state index in [1.165, 1.54) is 32.2 Å². The van der Waals surface area contributed by atoms with Crippen molar-refractivity contribution in [2.75, 3.05) is 14.2 Å². The summed E-state index contributed by atoms with van der Waals surface area (Å²) in [7, 11) is 2.18. The molecule has 0 aromatic heterocycles. The minimum absolute atomic E-state index is 0.0984. The highest BCUT2D eigenvalue weighted by atomic mass is 19.4. The maximum atomic E-state index is 13.4. The van der Waals surface area contributed by atoms with Crippen molar-refractivity contribution in [1.82, 2.24) is 5.32 Å². The first-order valence-corrected chi connectivity index (χ1v) is 8.57. The lowest BCUT2D eigenvalue weighted by molar-refractivity contribution is -0.118. The van der Waals surface area contributed by atoms with Crippen molar-refractivity contribution in [3.05, 3.63) is 53.9 Å². The SMILES string of the molecule is C=C(/N=C(\OC)C(CC=O)NC(=O)/C(C)=C/C(=N\C)C(F)(F)F)c1cccc(F)c1. The van der Waals surface area contributed by atoms with Crippen molar-refractivity contribution in [3.63, 3.8) is 0 Å². The summed E-state index contributed by atoms with van der Waals surface area (Å²) in [6, 6.07) is 4.33. The van der Waals surface area contributed by atoms with Gasteiger partial charge < -0.3 is 14.8 Å². The van der Waals surface area contributed by atoms with Crippen molar-refractivity contribution in [1.29, 1.82) is 0 Å². The molecule has 0 aliphatic carbocycles. The number of alkyl halides is 3. The Kier molecular flexibility index (Phi) is 9.10. The monoisotopic (exact) mass is 427 g/mol.